The van der Waals surface area contributed by atoms with Crippen molar-refractivity contribution in [3.63, 3.8) is 0 Å². The second-order valence-corrected chi connectivity index (χ2v) is 5.61. The highest BCUT2D eigenvalue weighted by Gasteiger charge is 2.12. The Morgan fingerprint density at radius 1 is 1.15 bits per heavy atom. The molecule has 0 aliphatic rings. The number of anilines is 1. The molecule has 2 amide bonds. The van der Waals surface area contributed by atoms with Crippen LogP contribution in [0.4, 0.5) is 5.69 Å². The fraction of sp³-hybridized carbons (Fsp3) is 0.105. The van der Waals surface area contributed by atoms with Crippen molar-refractivity contribution in [2.75, 3.05) is 19.0 Å². The molecular weight excluding hydrogens is 370 g/mol. The molecule has 0 saturated heterocycles. The Kier molecular flexibility index (Phi) is 7.39. The van der Waals surface area contributed by atoms with Gasteiger partial charge in [-0.05, 0) is 48.0 Å². The Labute approximate surface area is 161 Å². The number of hydrogen-bond donors (Lipinski definition) is 2. The lowest BCUT2D eigenvalue weighted by Gasteiger charge is -2.09. The van der Waals surface area contributed by atoms with E-state index in [1.165, 1.54) is 13.3 Å². The molecule has 27 heavy (non-hydrogen) atoms. The van der Waals surface area contributed by atoms with Gasteiger partial charge in [-0.3, -0.25) is 9.59 Å². The van der Waals surface area contributed by atoms with Crippen LogP contribution in [0.2, 0.25) is 5.02 Å². The summed E-state index contributed by atoms with van der Waals surface area (Å²) in [6.45, 7) is 3.93. The lowest BCUT2D eigenvalue weighted by atomic mass is 10.2. The minimum atomic E-state index is -0.904. The summed E-state index contributed by atoms with van der Waals surface area (Å²) in [7, 11) is 1.51. The molecule has 0 aliphatic carbocycles. The van der Waals surface area contributed by atoms with Crippen molar-refractivity contribution in [1.82, 2.24) is 5.43 Å². The van der Waals surface area contributed by atoms with E-state index in [1.807, 2.05) is 0 Å². The lowest BCUT2D eigenvalue weighted by molar-refractivity contribution is -0.136. The van der Waals surface area contributed by atoms with E-state index in [-0.39, 0.29) is 0 Å². The van der Waals surface area contributed by atoms with Crippen LogP contribution in [-0.4, -0.2) is 31.7 Å². The van der Waals surface area contributed by atoms with Gasteiger partial charge in [0.05, 0.1) is 13.3 Å². The number of rotatable bonds is 7. The van der Waals surface area contributed by atoms with Crippen molar-refractivity contribution in [1.29, 1.82) is 0 Å². The number of ether oxygens (including phenoxy) is 2. The lowest BCUT2D eigenvalue weighted by Crippen LogP contribution is -2.32. The second-order valence-electron chi connectivity index (χ2n) is 5.17. The minimum absolute atomic E-state index is 0.350. The predicted octanol–water partition coefficient (Wildman–Crippen LogP) is 3.00. The van der Waals surface area contributed by atoms with E-state index in [1.54, 1.807) is 48.5 Å². The maximum Gasteiger partial charge on any atom is 0.329 e. The molecule has 2 N–H and O–H groups in total. The zero-order chi connectivity index (χ0) is 19.6. The summed E-state index contributed by atoms with van der Waals surface area (Å²) in [6, 6.07) is 11.5. The zero-order valence-corrected chi connectivity index (χ0v) is 15.3. The number of halogens is 1. The molecule has 0 saturated carbocycles. The summed E-state index contributed by atoms with van der Waals surface area (Å²) in [4.78, 5) is 23.6. The van der Waals surface area contributed by atoms with Gasteiger partial charge >= 0.3 is 11.8 Å². The molecule has 0 atom stereocenters. The molecule has 7 nitrogen and oxygen atoms in total. The summed E-state index contributed by atoms with van der Waals surface area (Å²) in [5.41, 5.74) is 3.25. The van der Waals surface area contributed by atoms with Gasteiger partial charge in [0.1, 0.15) is 6.61 Å². The number of carbonyl (C=O) groups excluding carboxylic acids is 2. The van der Waals surface area contributed by atoms with Crippen LogP contribution in [0.25, 0.3) is 0 Å². The normalized spacial score (nSPS) is 10.3. The highest BCUT2D eigenvalue weighted by Crippen LogP contribution is 2.27. The van der Waals surface area contributed by atoms with E-state index in [9.17, 15) is 9.59 Å². The van der Waals surface area contributed by atoms with Crippen LogP contribution in [0.1, 0.15) is 5.56 Å². The van der Waals surface area contributed by atoms with Crippen molar-refractivity contribution in [2.24, 2.45) is 5.10 Å². The summed E-state index contributed by atoms with van der Waals surface area (Å²) in [5, 5.41) is 6.73. The van der Waals surface area contributed by atoms with E-state index in [2.05, 4.69) is 22.4 Å². The fourth-order valence-electron chi connectivity index (χ4n) is 1.97. The number of carbonyl (C=O) groups is 2. The largest absolute Gasteiger partial charge is 0.493 e. The Bertz CT molecular complexity index is 851. The number of hydrogen-bond acceptors (Lipinski definition) is 5. The van der Waals surface area contributed by atoms with Gasteiger partial charge in [0.15, 0.2) is 11.5 Å². The Morgan fingerprint density at radius 2 is 1.89 bits per heavy atom. The quantitative estimate of drug-likeness (QED) is 0.331. The topological polar surface area (TPSA) is 89.0 Å². The molecule has 2 aromatic carbocycles. The molecule has 2 rings (SSSR count). The van der Waals surface area contributed by atoms with Crippen molar-refractivity contribution < 1.29 is 19.1 Å². The summed E-state index contributed by atoms with van der Waals surface area (Å²) in [5.74, 6) is -0.687. The van der Waals surface area contributed by atoms with Gasteiger partial charge in [-0.1, -0.05) is 24.3 Å². The maximum absolute atomic E-state index is 11.8. The van der Waals surface area contributed by atoms with Gasteiger partial charge in [-0.15, -0.1) is 0 Å². The molecule has 0 aliphatic heterocycles. The van der Waals surface area contributed by atoms with E-state index < -0.39 is 11.8 Å². The second kappa shape index (κ2) is 9.98. The van der Waals surface area contributed by atoms with Gasteiger partial charge in [0.2, 0.25) is 0 Å². The van der Waals surface area contributed by atoms with Crippen LogP contribution < -0.4 is 20.2 Å². The third kappa shape index (κ3) is 6.16. The van der Waals surface area contributed by atoms with Gasteiger partial charge in [-0.2, -0.15) is 5.10 Å². The average molecular weight is 388 g/mol. The first kappa shape index (κ1) is 20.0. The minimum Gasteiger partial charge on any atom is -0.493 e. The monoisotopic (exact) mass is 387 g/mol. The van der Waals surface area contributed by atoms with E-state index in [0.29, 0.717) is 34.4 Å². The molecule has 140 valence electrons. The molecule has 8 heteroatoms. The van der Waals surface area contributed by atoms with Gasteiger partial charge < -0.3 is 14.8 Å². The first-order valence-corrected chi connectivity index (χ1v) is 8.23. The number of nitrogens with one attached hydrogen (secondary N) is 2. The van der Waals surface area contributed by atoms with Crippen molar-refractivity contribution in [3.05, 3.63) is 65.7 Å². The summed E-state index contributed by atoms with van der Waals surface area (Å²) < 4.78 is 10.7. The molecule has 2 aromatic rings. The number of amides is 2. The van der Waals surface area contributed by atoms with Crippen LogP contribution in [0.3, 0.4) is 0 Å². The fourth-order valence-corrected chi connectivity index (χ4v) is 2.10. The Morgan fingerprint density at radius 3 is 2.56 bits per heavy atom. The van der Waals surface area contributed by atoms with E-state index in [4.69, 9.17) is 21.1 Å². The number of methoxy groups -OCH3 is 1. The SMILES string of the molecule is C=CCOc1ccc(/C=N\NC(=O)C(=O)Nc2ccc(Cl)cc2)cc1OC. The molecule has 0 fully saturated rings. The first-order valence-electron chi connectivity index (χ1n) is 7.85. The molecule has 0 aromatic heterocycles. The number of benzene rings is 2. The van der Waals surface area contributed by atoms with Crippen LogP contribution >= 0.6 is 11.6 Å². The van der Waals surface area contributed by atoms with Crippen LogP contribution in [0.5, 0.6) is 11.5 Å². The predicted molar refractivity (Wildman–Crippen MR) is 105 cm³/mol. The summed E-state index contributed by atoms with van der Waals surface area (Å²) >= 11 is 5.76. The maximum atomic E-state index is 11.8. The summed E-state index contributed by atoms with van der Waals surface area (Å²) in [6.07, 6.45) is 3.01. The number of hydrazone groups is 1. The number of nitrogens with zero attached hydrogens (tertiary/aromatic N) is 1. The molecule has 0 heterocycles. The van der Waals surface area contributed by atoms with Gasteiger partial charge in [0, 0.05) is 10.7 Å². The van der Waals surface area contributed by atoms with Crippen molar-refractivity contribution >= 4 is 35.3 Å². The molecule has 0 bridgehead atoms. The van der Waals surface area contributed by atoms with Crippen LogP contribution in [0, 0.1) is 0 Å². The molecular formula is C19H18ClN3O4. The van der Waals surface area contributed by atoms with Gasteiger partial charge in [-0.25, -0.2) is 5.43 Å². The van der Waals surface area contributed by atoms with Gasteiger partial charge in [0.25, 0.3) is 0 Å². The van der Waals surface area contributed by atoms with Crippen LogP contribution in [-0.2, 0) is 9.59 Å². The molecule has 0 unspecified atom stereocenters. The van der Waals surface area contributed by atoms with Crippen LogP contribution in [0.15, 0.2) is 60.2 Å². The molecule has 0 radical (unpaired) electrons. The Hall–Kier alpha value is -3.32. The zero-order valence-electron chi connectivity index (χ0n) is 14.6. The highest BCUT2D eigenvalue weighted by molar-refractivity contribution is 6.39. The molecule has 0 spiro atoms. The third-order valence-electron chi connectivity index (χ3n) is 3.23. The van der Waals surface area contributed by atoms with E-state index in [0.717, 1.165) is 0 Å². The Balaban J connectivity index is 1.93. The van der Waals surface area contributed by atoms with Crippen molar-refractivity contribution in [2.45, 2.75) is 0 Å². The third-order valence-corrected chi connectivity index (χ3v) is 3.48. The average Bonchev–Trinajstić information content (AvgIpc) is 2.68. The first-order chi connectivity index (χ1) is 13.0. The standard InChI is InChI=1S/C19H18ClN3O4/c1-3-10-27-16-9-4-13(11-17(16)26-2)12-21-23-19(25)18(24)22-15-7-5-14(20)6-8-15/h3-9,11-12H,1,10H2,2H3,(H,22,24)(H,23,25)/b21-12-. The smallest absolute Gasteiger partial charge is 0.329 e. The van der Waals surface area contributed by atoms with E-state index >= 15 is 0 Å². The van der Waals surface area contributed by atoms with Crippen molar-refractivity contribution in [3.8, 4) is 11.5 Å². The highest BCUT2D eigenvalue weighted by atomic mass is 35.5.